The molecule has 0 spiro atoms. The Kier molecular flexibility index (Phi) is 3.99. The molecule has 3 nitrogen and oxygen atoms in total. The predicted molar refractivity (Wildman–Crippen MR) is 72.0 cm³/mol. The van der Waals surface area contributed by atoms with E-state index in [0.29, 0.717) is 17.4 Å². The van der Waals surface area contributed by atoms with Crippen molar-refractivity contribution in [1.29, 1.82) is 0 Å². The molecule has 1 aromatic rings. The fourth-order valence-electron chi connectivity index (χ4n) is 1.80. The quantitative estimate of drug-likeness (QED) is 0.594. The number of amides is 1. The molecule has 1 N–H and O–H groups in total. The third kappa shape index (κ3) is 2.45. The van der Waals surface area contributed by atoms with E-state index in [9.17, 15) is 13.6 Å². The molecular formula is C10H8BrF2IN2O. The van der Waals surface area contributed by atoms with Crippen LogP contribution in [0.4, 0.5) is 14.5 Å². The monoisotopic (exact) mass is 416 g/mol. The number of carbonyl (C=O) groups excluding carboxylic acids is 1. The molecule has 1 unspecified atom stereocenters. The Hall–Kier alpha value is -0.280. The highest BCUT2D eigenvalue weighted by Crippen LogP contribution is 2.30. The van der Waals surface area contributed by atoms with Crippen LogP contribution >= 0.6 is 38.8 Å². The lowest BCUT2D eigenvalue weighted by atomic mass is 10.2. The van der Waals surface area contributed by atoms with E-state index in [1.165, 1.54) is 0 Å². The molecule has 17 heavy (non-hydrogen) atoms. The zero-order valence-electron chi connectivity index (χ0n) is 8.51. The van der Waals surface area contributed by atoms with Crippen molar-refractivity contribution < 1.29 is 13.6 Å². The van der Waals surface area contributed by atoms with Crippen LogP contribution in [0.5, 0.6) is 0 Å². The fraction of sp³-hybridized carbons (Fsp3) is 0.300. The van der Waals surface area contributed by atoms with Crippen LogP contribution in [0.2, 0.25) is 0 Å². The average molecular weight is 417 g/mol. The zero-order chi connectivity index (χ0) is 12.6. The van der Waals surface area contributed by atoms with Gasteiger partial charge in [-0.25, -0.2) is 12.3 Å². The first-order chi connectivity index (χ1) is 8.04. The number of hydrogen-bond acceptors (Lipinski definition) is 2. The minimum absolute atomic E-state index is 0.271. The molecule has 1 saturated heterocycles. The van der Waals surface area contributed by atoms with Crippen LogP contribution < -0.4 is 8.43 Å². The van der Waals surface area contributed by atoms with Gasteiger partial charge in [-0.1, -0.05) is 15.9 Å². The summed E-state index contributed by atoms with van der Waals surface area (Å²) in [6, 6.07) is 1.92. The van der Waals surface area contributed by atoms with Gasteiger partial charge in [-0.15, -0.1) is 0 Å². The van der Waals surface area contributed by atoms with Crippen molar-refractivity contribution >= 4 is 50.4 Å². The molecule has 1 aliphatic heterocycles. The highest BCUT2D eigenvalue weighted by molar-refractivity contribution is 14.1. The summed E-state index contributed by atoms with van der Waals surface area (Å²) in [4.78, 5) is 13.0. The SMILES string of the molecule is O=C1C(NI)CCN1c1c(F)cc(Br)cc1F. The molecule has 0 radical (unpaired) electrons. The van der Waals surface area contributed by atoms with Crippen LogP contribution in [0.3, 0.4) is 0 Å². The molecule has 1 aromatic carbocycles. The molecule has 2 rings (SSSR count). The zero-order valence-corrected chi connectivity index (χ0v) is 12.3. The molecule has 0 saturated carbocycles. The highest BCUT2D eigenvalue weighted by atomic mass is 127. The van der Waals surface area contributed by atoms with Crippen LogP contribution in [-0.4, -0.2) is 18.5 Å². The number of rotatable bonds is 2. The third-order valence-corrected chi connectivity index (χ3v) is 3.80. The normalized spacial score (nSPS) is 20.1. The van der Waals surface area contributed by atoms with E-state index in [2.05, 4.69) is 19.5 Å². The van der Waals surface area contributed by atoms with Crippen LogP contribution in [0.1, 0.15) is 6.42 Å². The standard InChI is InChI=1S/C10H8BrF2IN2O/c11-5-3-6(12)9(7(13)4-5)16-2-1-8(15-14)10(16)17/h3-4,8,15H,1-2H2. The lowest BCUT2D eigenvalue weighted by Crippen LogP contribution is -2.34. The van der Waals surface area contributed by atoms with Gasteiger partial charge in [0.2, 0.25) is 5.91 Å². The van der Waals surface area contributed by atoms with Gasteiger partial charge in [0.15, 0.2) is 11.6 Å². The smallest absolute Gasteiger partial charge is 0.245 e. The highest BCUT2D eigenvalue weighted by Gasteiger charge is 2.34. The Morgan fingerprint density at radius 1 is 1.41 bits per heavy atom. The minimum atomic E-state index is -0.737. The second-order valence-electron chi connectivity index (χ2n) is 3.66. The molecular weight excluding hydrogens is 409 g/mol. The minimum Gasteiger partial charge on any atom is -0.306 e. The largest absolute Gasteiger partial charge is 0.306 e. The summed E-state index contributed by atoms with van der Waals surface area (Å²) in [5.41, 5.74) is -0.271. The molecule has 0 aliphatic carbocycles. The maximum Gasteiger partial charge on any atom is 0.245 e. The Morgan fingerprint density at radius 3 is 2.47 bits per heavy atom. The topological polar surface area (TPSA) is 32.3 Å². The third-order valence-electron chi connectivity index (χ3n) is 2.59. The van der Waals surface area contributed by atoms with Crippen molar-refractivity contribution in [3.05, 3.63) is 28.2 Å². The molecule has 7 heteroatoms. The van der Waals surface area contributed by atoms with Gasteiger partial charge >= 0.3 is 0 Å². The Balaban J connectivity index is 2.39. The van der Waals surface area contributed by atoms with E-state index in [0.717, 1.165) is 17.0 Å². The number of nitrogens with zero attached hydrogens (tertiary/aromatic N) is 1. The number of carbonyl (C=O) groups is 1. The predicted octanol–water partition coefficient (Wildman–Crippen LogP) is 2.77. The van der Waals surface area contributed by atoms with E-state index in [1.807, 2.05) is 22.9 Å². The summed E-state index contributed by atoms with van der Waals surface area (Å²) in [6.07, 6.45) is 0.538. The van der Waals surface area contributed by atoms with Crippen LogP contribution in [0.25, 0.3) is 0 Å². The van der Waals surface area contributed by atoms with Gasteiger partial charge in [-0.05, 0) is 18.6 Å². The van der Waals surface area contributed by atoms with E-state index in [1.54, 1.807) is 0 Å². The summed E-state index contributed by atoms with van der Waals surface area (Å²) in [5.74, 6) is -1.78. The van der Waals surface area contributed by atoms with Gasteiger partial charge in [-0.3, -0.25) is 4.79 Å². The molecule has 92 valence electrons. The van der Waals surface area contributed by atoms with Crippen molar-refractivity contribution in [2.45, 2.75) is 12.5 Å². The van der Waals surface area contributed by atoms with Gasteiger partial charge in [0.05, 0.1) is 6.04 Å². The number of anilines is 1. The van der Waals surface area contributed by atoms with Crippen molar-refractivity contribution in [2.24, 2.45) is 0 Å². The van der Waals surface area contributed by atoms with Gasteiger partial charge in [0.25, 0.3) is 0 Å². The Labute approximate surface area is 119 Å². The van der Waals surface area contributed by atoms with E-state index in [4.69, 9.17) is 0 Å². The molecule has 1 fully saturated rings. The molecule has 1 atom stereocenters. The second-order valence-corrected chi connectivity index (χ2v) is 5.20. The summed E-state index contributed by atoms with van der Waals surface area (Å²) in [5, 5.41) is 0. The lowest BCUT2D eigenvalue weighted by molar-refractivity contribution is -0.118. The van der Waals surface area contributed by atoms with Crippen molar-refractivity contribution in [1.82, 2.24) is 3.53 Å². The van der Waals surface area contributed by atoms with E-state index >= 15 is 0 Å². The first-order valence-corrected chi connectivity index (χ1v) is 6.74. The molecule has 0 aromatic heterocycles. The number of halogens is 4. The van der Waals surface area contributed by atoms with Gasteiger partial charge in [-0.2, -0.15) is 0 Å². The summed E-state index contributed by atoms with van der Waals surface area (Å²) < 4.78 is 30.5. The second kappa shape index (κ2) is 5.15. The van der Waals surface area contributed by atoms with Gasteiger partial charge in [0, 0.05) is 33.9 Å². The van der Waals surface area contributed by atoms with Gasteiger partial charge < -0.3 is 4.90 Å². The van der Waals surface area contributed by atoms with E-state index < -0.39 is 11.6 Å². The summed E-state index contributed by atoms with van der Waals surface area (Å²) in [6.45, 7) is 0.314. The van der Waals surface area contributed by atoms with Crippen molar-refractivity contribution in [3.63, 3.8) is 0 Å². The number of nitrogens with one attached hydrogen (secondary N) is 1. The first-order valence-electron chi connectivity index (χ1n) is 4.86. The number of hydrogen-bond donors (Lipinski definition) is 1. The summed E-state index contributed by atoms with van der Waals surface area (Å²) >= 11 is 4.86. The van der Waals surface area contributed by atoms with Crippen LogP contribution in [-0.2, 0) is 4.79 Å². The first kappa shape index (κ1) is 13.2. The Bertz CT molecular complexity index is 449. The molecule has 1 aliphatic rings. The van der Waals surface area contributed by atoms with Gasteiger partial charge in [0.1, 0.15) is 5.69 Å². The van der Waals surface area contributed by atoms with Crippen molar-refractivity contribution in [3.8, 4) is 0 Å². The molecule has 0 bridgehead atoms. The molecule has 1 amide bonds. The lowest BCUT2D eigenvalue weighted by Gasteiger charge is -2.18. The number of benzene rings is 1. The van der Waals surface area contributed by atoms with Crippen molar-refractivity contribution in [2.75, 3.05) is 11.4 Å². The maximum atomic E-state index is 13.7. The average Bonchev–Trinajstić information content (AvgIpc) is 2.59. The van der Waals surface area contributed by atoms with Crippen LogP contribution in [0, 0.1) is 11.6 Å². The van der Waals surface area contributed by atoms with E-state index in [-0.39, 0.29) is 17.6 Å². The maximum absolute atomic E-state index is 13.7. The summed E-state index contributed by atoms with van der Waals surface area (Å²) in [7, 11) is 0. The molecule has 1 heterocycles. The van der Waals surface area contributed by atoms with Crippen LogP contribution in [0.15, 0.2) is 16.6 Å². The fourth-order valence-corrected chi connectivity index (χ4v) is 2.78. The Morgan fingerprint density at radius 2 is 2.00 bits per heavy atom.